The molecule has 80 valence electrons. The number of Topliss-reactive ketones (excluding diaryl/α,β-unsaturated/α-hetero) is 1. The molecule has 0 N–H and O–H groups in total. The fraction of sp³-hybridized carbons (Fsp3) is 0.308. The zero-order chi connectivity index (χ0) is 11.1. The van der Waals surface area contributed by atoms with E-state index in [1.54, 1.807) is 6.92 Å². The quantitative estimate of drug-likeness (QED) is 0.754. The summed E-state index contributed by atoms with van der Waals surface area (Å²) < 4.78 is 0. The Bertz CT molecular complexity index is 338. The van der Waals surface area contributed by atoms with Crippen LogP contribution < -0.4 is 0 Å². The van der Waals surface area contributed by atoms with E-state index in [0.29, 0.717) is 6.42 Å². The summed E-state index contributed by atoms with van der Waals surface area (Å²) >= 11 is 4.13. The van der Waals surface area contributed by atoms with Crippen LogP contribution in [-0.4, -0.2) is 11.5 Å². The Labute approximate surface area is 96.6 Å². The lowest BCUT2D eigenvalue weighted by Gasteiger charge is -1.98. The average molecular weight is 220 g/mol. The Morgan fingerprint density at radius 1 is 1.33 bits per heavy atom. The van der Waals surface area contributed by atoms with Gasteiger partial charge in [-0.2, -0.15) is 12.6 Å². The van der Waals surface area contributed by atoms with E-state index in [2.05, 4.69) is 24.8 Å². The minimum absolute atomic E-state index is 0.202. The SMILES string of the molecule is CC(=O)Cc1ccc(C=CCCS)cc1. The van der Waals surface area contributed by atoms with Crippen LogP contribution in [0.5, 0.6) is 0 Å². The smallest absolute Gasteiger partial charge is 0.134 e. The predicted octanol–water partition coefficient (Wildman–Crippen LogP) is 3.15. The summed E-state index contributed by atoms with van der Waals surface area (Å²) in [5, 5.41) is 0. The molecule has 0 saturated heterocycles. The first-order chi connectivity index (χ1) is 7.22. The van der Waals surface area contributed by atoms with Crippen molar-refractivity contribution in [3.8, 4) is 0 Å². The lowest BCUT2D eigenvalue weighted by molar-refractivity contribution is -0.116. The van der Waals surface area contributed by atoms with Crippen molar-refractivity contribution in [2.75, 3.05) is 5.75 Å². The van der Waals surface area contributed by atoms with Gasteiger partial charge in [0.2, 0.25) is 0 Å². The van der Waals surface area contributed by atoms with E-state index in [4.69, 9.17) is 0 Å². The lowest BCUT2D eigenvalue weighted by Crippen LogP contribution is -1.95. The van der Waals surface area contributed by atoms with Crippen LogP contribution in [0, 0.1) is 0 Å². The van der Waals surface area contributed by atoms with Crippen LogP contribution in [0.3, 0.4) is 0 Å². The average Bonchev–Trinajstić information content (AvgIpc) is 2.20. The Kier molecular flexibility index (Phi) is 5.19. The molecule has 0 aliphatic carbocycles. The van der Waals surface area contributed by atoms with Crippen LogP contribution in [0.25, 0.3) is 6.08 Å². The fourth-order valence-electron chi connectivity index (χ4n) is 1.33. The molecular formula is C13H16OS. The summed E-state index contributed by atoms with van der Waals surface area (Å²) in [7, 11) is 0. The summed E-state index contributed by atoms with van der Waals surface area (Å²) in [6, 6.07) is 8.07. The van der Waals surface area contributed by atoms with Crippen molar-refractivity contribution in [3.05, 3.63) is 41.5 Å². The minimum atomic E-state index is 0.202. The zero-order valence-corrected chi connectivity index (χ0v) is 9.84. The highest BCUT2D eigenvalue weighted by atomic mass is 32.1. The molecule has 1 nitrogen and oxygen atoms in total. The number of thiol groups is 1. The summed E-state index contributed by atoms with van der Waals surface area (Å²) in [6.07, 6.45) is 5.69. The molecule has 0 aliphatic heterocycles. The third-order valence-corrected chi connectivity index (χ3v) is 2.30. The van der Waals surface area contributed by atoms with Crippen molar-refractivity contribution in [1.82, 2.24) is 0 Å². The molecule has 0 bridgehead atoms. The van der Waals surface area contributed by atoms with Gasteiger partial charge in [0.25, 0.3) is 0 Å². The van der Waals surface area contributed by atoms with Crippen LogP contribution >= 0.6 is 12.6 Å². The monoisotopic (exact) mass is 220 g/mol. The van der Waals surface area contributed by atoms with Crippen molar-refractivity contribution in [1.29, 1.82) is 0 Å². The van der Waals surface area contributed by atoms with E-state index < -0.39 is 0 Å². The third kappa shape index (κ3) is 4.84. The number of rotatable bonds is 5. The van der Waals surface area contributed by atoms with Gasteiger partial charge in [-0.15, -0.1) is 0 Å². The van der Waals surface area contributed by atoms with Gasteiger partial charge in [-0.25, -0.2) is 0 Å². The van der Waals surface area contributed by atoms with Crippen molar-refractivity contribution < 1.29 is 4.79 Å². The van der Waals surface area contributed by atoms with Gasteiger partial charge >= 0.3 is 0 Å². The van der Waals surface area contributed by atoms with Crippen LogP contribution in [0.15, 0.2) is 30.3 Å². The molecular weight excluding hydrogens is 204 g/mol. The van der Waals surface area contributed by atoms with Gasteiger partial charge in [-0.1, -0.05) is 36.4 Å². The molecule has 15 heavy (non-hydrogen) atoms. The van der Waals surface area contributed by atoms with E-state index in [1.807, 2.05) is 24.3 Å². The molecule has 0 spiro atoms. The zero-order valence-electron chi connectivity index (χ0n) is 8.94. The van der Waals surface area contributed by atoms with Gasteiger partial charge in [0.1, 0.15) is 5.78 Å². The molecule has 0 atom stereocenters. The van der Waals surface area contributed by atoms with Crippen molar-refractivity contribution >= 4 is 24.5 Å². The van der Waals surface area contributed by atoms with Gasteiger partial charge in [-0.3, -0.25) is 4.79 Å². The second-order valence-electron chi connectivity index (χ2n) is 3.54. The second-order valence-corrected chi connectivity index (χ2v) is 3.98. The molecule has 0 radical (unpaired) electrons. The summed E-state index contributed by atoms with van der Waals surface area (Å²) in [6.45, 7) is 1.61. The molecule has 1 aromatic carbocycles. The largest absolute Gasteiger partial charge is 0.300 e. The molecule has 0 heterocycles. The van der Waals surface area contributed by atoms with Gasteiger partial charge in [-0.05, 0) is 30.2 Å². The highest BCUT2D eigenvalue weighted by Crippen LogP contribution is 2.07. The molecule has 0 amide bonds. The molecule has 1 rings (SSSR count). The Morgan fingerprint density at radius 2 is 2.00 bits per heavy atom. The van der Waals surface area contributed by atoms with Crippen LogP contribution in [0.4, 0.5) is 0 Å². The highest BCUT2D eigenvalue weighted by molar-refractivity contribution is 7.80. The number of benzene rings is 1. The van der Waals surface area contributed by atoms with Crippen LogP contribution in [0.1, 0.15) is 24.5 Å². The number of hydrogen-bond acceptors (Lipinski definition) is 2. The van der Waals surface area contributed by atoms with Gasteiger partial charge < -0.3 is 0 Å². The van der Waals surface area contributed by atoms with Crippen molar-refractivity contribution in [3.63, 3.8) is 0 Å². The minimum Gasteiger partial charge on any atom is -0.300 e. The van der Waals surface area contributed by atoms with Gasteiger partial charge in [0.15, 0.2) is 0 Å². The van der Waals surface area contributed by atoms with Crippen LogP contribution in [-0.2, 0) is 11.2 Å². The first kappa shape index (κ1) is 12.1. The standard InChI is InChI=1S/C13H16OS/c1-11(14)10-13-7-5-12(6-8-13)4-2-3-9-15/h2,4-8,15H,3,9-10H2,1H3. The Hall–Kier alpha value is -1.02. The molecule has 0 fully saturated rings. The molecule has 0 saturated carbocycles. The summed E-state index contributed by atoms with van der Waals surface area (Å²) in [4.78, 5) is 10.9. The van der Waals surface area contributed by atoms with E-state index in [1.165, 1.54) is 5.56 Å². The number of allylic oxidation sites excluding steroid dienone is 1. The Balaban J connectivity index is 2.60. The number of carbonyl (C=O) groups excluding carboxylic acids is 1. The fourth-order valence-corrected chi connectivity index (χ4v) is 1.48. The normalized spacial score (nSPS) is 10.8. The van der Waals surface area contributed by atoms with E-state index in [0.717, 1.165) is 17.7 Å². The van der Waals surface area contributed by atoms with E-state index >= 15 is 0 Å². The van der Waals surface area contributed by atoms with Crippen molar-refractivity contribution in [2.24, 2.45) is 0 Å². The second kappa shape index (κ2) is 6.46. The number of ketones is 1. The summed E-state index contributed by atoms with van der Waals surface area (Å²) in [5.74, 6) is 1.08. The summed E-state index contributed by atoms with van der Waals surface area (Å²) in [5.41, 5.74) is 2.25. The van der Waals surface area contributed by atoms with Gasteiger partial charge in [0, 0.05) is 6.42 Å². The third-order valence-electron chi connectivity index (χ3n) is 2.04. The number of hydrogen-bond donors (Lipinski definition) is 1. The maximum Gasteiger partial charge on any atom is 0.134 e. The Morgan fingerprint density at radius 3 is 2.53 bits per heavy atom. The van der Waals surface area contributed by atoms with Crippen molar-refractivity contribution in [2.45, 2.75) is 19.8 Å². The maximum absolute atomic E-state index is 10.9. The molecule has 0 aromatic heterocycles. The molecule has 0 aliphatic rings. The number of carbonyl (C=O) groups is 1. The molecule has 2 heteroatoms. The lowest BCUT2D eigenvalue weighted by atomic mass is 10.1. The van der Waals surface area contributed by atoms with Crippen LogP contribution in [0.2, 0.25) is 0 Å². The topological polar surface area (TPSA) is 17.1 Å². The maximum atomic E-state index is 10.9. The van der Waals surface area contributed by atoms with Gasteiger partial charge in [0.05, 0.1) is 0 Å². The first-order valence-corrected chi connectivity index (χ1v) is 5.71. The first-order valence-electron chi connectivity index (χ1n) is 5.08. The molecule has 0 unspecified atom stereocenters. The van der Waals surface area contributed by atoms with E-state index in [-0.39, 0.29) is 5.78 Å². The predicted molar refractivity (Wildman–Crippen MR) is 68.3 cm³/mol. The van der Waals surface area contributed by atoms with E-state index in [9.17, 15) is 4.79 Å². The highest BCUT2D eigenvalue weighted by Gasteiger charge is 1.96. The molecule has 1 aromatic rings.